The minimum absolute atomic E-state index is 0. The Morgan fingerprint density at radius 3 is 2.44 bits per heavy atom. The summed E-state index contributed by atoms with van der Waals surface area (Å²) in [7, 11) is -4.50. The number of fused-ring (bicyclic) bond motifs is 3. The summed E-state index contributed by atoms with van der Waals surface area (Å²) in [5.41, 5.74) is -1.82. The van der Waals surface area contributed by atoms with Crippen molar-refractivity contribution in [3.63, 3.8) is 0 Å². The van der Waals surface area contributed by atoms with Crippen molar-refractivity contribution in [2.75, 3.05) is 0 Å². The van der Waals surface area contributed by atoms with Gasteiger partial charge in [-0.25, -0.2) is 8.42 Å². The van der Waals surface area contributed by atoms with Crippen LogP contribution in [0.25, 0.3) is 26.9 Å². The van der Waals surface area contributed by atoms with Crippen LogP contribution in [0.2, 0.25) is 0 Å². The molecule has 118 valence electrons. The van der Waals surface area contributed by atoms with E-state index in [2.05, 4.69) is 9.97 Å². The summed E-state index contributed by atoms with van der Waals surface area (Å²) in [5, 5.41) is 29.5. The molecule has 0 saturated heterocycles. The molecule has 10 nitrogen and oxygen atoms in total. The first kappa shape index (κ1) is 22.0. The number of nitrogens with one attached hydrogen (secondary N) is 2. The average Bonchev–Trinajstić information content (AvgIpc) is 2.46. The maximum atomic E-state index is 11.6. The molecule has 0 radical (unpaired) electrons. The molecule has 0 aliphatic heterocycles. The molecular weight excluding hydrogens is 374 g/mol. The molecule has 1 aromatic heterocycles. The van der Waals surface area contributed by atoms with Crippen molar-refractivity contribution in [1.82, 2.24) is 9.97 Å². The predicted molar refractivity (Wildman–Crippen MR) is 77.5 cm³/mol. The van der Waals surface area contributed by atoms with Crippen molar-refractivity contribution in [2.45, 2.75) is 4.90 Å². The molecule has 0 aliphatic carbocycles. The Morgan fingerprint density at radius 2 is 1.88 bits per heavy atom. The minimum Gasteiger partial charge on any atom is -0.855 e. The van der Waals surface area contributed by atoms with Gasteiger partial charge < -0.3 is 15.2 Å². The van der Waals surface area contributed by atoms with E-state index in [0.29, 0.717) is 0 Å². The van der Waals surface area contributed by atoms with E-state index in [9.17, 15) is 28.4 Å². The second kappa shape index (κ2) is 7.68. The molecule has 2 N–H and O–H groups in total. The maximum Gasteiger partial charge on any atom is 1.00 e. The smallest absolute Gasteiger partial charge is 0.855 e. The van der Waals surface area contributed by atoms with Gasteiger partial charge in [-0.2, -0.15) is 0 Å². The van der Waals surface area contributed by atoms with Crippen molar-refractivity contribution in [3.8, 4) is 5.88 Å². The summed E-state index contributed by atoms with van der Waals surface area (Å²) in [4.78, 5) is 26.9. The van der Waals surface area contributed by atoms with Gasteiger partial charge in [0.15, 0.2) is 0 Å². The quantitative estimate of drug-likeness (QED) is 0.200. The normalized spacial score (nSPS) is 10.9. The number of rotatable bonds is 2. The summed E-state index contributed by atoms with van der Waals surface area (Å²) in [6.07, 6.45) is 0. The molecule has 0 aliphatic rings. The summed E-state index contributed by atoms with van der Waals surface area (Å²) in [5.74, 6) is -1.10. The van der Waals surface area contributed by atoms with Gasteiger partial charge in [0, 0.05) is 11.5 Å². The third kappa shape index (κ3) is 3.88. The fourth-order valence-corrected chi connectivity index (χ4v) is 3.07. The molecule has 3 rings (SSSR count). The molecule has 0 fully saturated rings. The minimum atomic E-state index is -4.50. The number of sulfonamides is 1. The van der Waals surface area contributed by atoms with Crippen molar-refractivity contribution in [2.24, 2.45) is 0 Å². The first-order valence-corrected chi connectivity index (χ1v) is 7.49. The number of aromatic amines is 1. The summed E-state index contributed by atoms with van der Waals surface area (Å²) < 4.78 is 23.2. The standard InChI is InChI=1S/C12H8N4O6S.2Na/c13-23(21,22)8-3-1-2-5-9(8)7(16(19)20)4-6-10(5)15-12(18)11(17)14-6;;/h1-4H,(H4,13,14,15,17,18,21,22);;/q;2*+1/p-2. The molecule has 0 atom stereocenters. The molecule has 3 aromatic rings. The summed E-state index contributed by atoms with van der Waals surface area (Å²) in [6.45, 7) is 0. The van der Waals surface area contributed by atoms with E-state index in [4.69, 9.17) is 5.14 Å². The van der Waals surface area contributed by atoms with E-state index in [-0.39, 0.29) is 80.9 Å². The van der Waals surface area contributed by atoms with Gasteiger partial charge in [-0.15, -0.1) is 0 Å². The van der Waals surface area contributed by atoms with Crippen molar-refractivity contribution < 1.29 is 77.6 Å². The molecule has 0 bridgehead atoms. The van der Waals surface area contributed by atoms with Crippen LogP contribution < -0.4 is 69.8 Å². The van der Waals surface area contributed by atoms with Crippen LogP contribution >= 0.6 is 0 Å². The van der Waals surface area contributed by atoms with Crippen molar-refractivity contribution in [1.29, 1.82) is 0 Å². The first-order chi connectivity index (χ1) is 10.7. The van der Waals surface area contributed by atoms with Gasteiger partial charge in [-0.3, -0.25) is 19.9 Å². The van der Waals surface area contributed by atoms with E-state index in [0.717, 1.165) is 12.1 Å². The largest absolute Gasteiger partial charge is 1.00 e. The number of H-pyrrole nitrogens is 1. The van der Waals surface area contributed by atoms with E-state index >= 15 is 0 Å². The monoisotopic (exact) mass is 380 g/mol. The van der Waals surface area contributed by atoms with Crippen LogP contribution in [0.4, 0.5) is 5.69 Å². The SMILES string of the molecule is [NH-]S(=O)(=O)c1cccc2c1c([N+](=O)[O-])cc1[nH]c(=O)c([O-])nc12.[Na+].[Na+]. The Hall–Kier alpha value is -1.05. The predicted octanol–water partition coefficient (Wildman–Crippen LogP) is -5.19. The number of nitro groups is 1. The number of hydrogen-bond donors (Lipinski definition) is 1. The number of benzene rings is 2. The second-order valence-electron chi connectivity index (χ2n) is 4.60. The van der Waals surface area contributed by atoms with Gasteiger partial charge in [-0.1, -0.05) is 12.1 Å². The topological polar surface area (TPSA) is 170 Å². The van der Waals surface area contributed by atoms with Crippen LogP contribution in [0.5, 0.6) is 5.88 Å². The summed E-state index contributed by atoms with van der Waals surface area (Å²) >= 11 is 0. The zero-order chi connectivity index (χ0) is 16.9. The van der Waals surface area contributed by atoms with Crippen LogP contribution in [0, 0.1) is 10.1 Å². The Balaban J connectivity index is 0.00000156. The Bertz CT molecular complexity index is 1160. The molecule has 0 amide bonds. The van der Waals surface area contributed by atoms with Crippen LogP contribution in [0.1, 0.15) is 0 Å². The number of hydrogen-bond acceptors (Lipinski definition) is 7. The Labute approximate surface area is 184 Å². The number of nitrogens with zero attached hydrogens (tertiary/aromatic N) is 2. The fourth-order valence-electron chi connectivity index (χ4n) is 2.33. The van der Waals surface area contributed by atoms with Crippen LogP contribution in [0.15, 0.2) is 34.0 Å². The zero-order valence-electron chi connectivity index (χ0n) is 13.1. The van der Waals surface area contributed by atoms with Crippen LogP contribution in [-0.4, -0.2) is 23.3 Å². The molecule has 0 spiro atoms. The average molecular weight is 380 g/mol. The van der Waals surface area contributed by atoms with Gasteiger partial charge in [-0.05, 0) is 6.07 Å². The summed E-state index contributed by atoms with van der Waals surface area (Å²) in [6, 6.07) is 4.56. The number of non-ortho nitro benzene ring substituents is 1. The fraction of sp³-hybridized carbons (Fsp3) is 0. The molecular formula is C12H6N4Na2O6S. The molecule has 0 unspecified atom stereocenters. The van der Waals surface area contributed by atoms with Gasteiger partial charge in [0.1, 0.15) is 0 Å². The number of aromatic nitrogens is 2. The molecule has 1 heterocycles. The third-order valence-corrected chi connectivity index (χ3v) is 4.13. The van der Waals surface area contributed by atoms with E-state index in [1.807, 2.05) is 0 Å². The third-order valence-electron chi connectivity index (χ3n) is 3.22. The molecule has 2 aromatic carbocycles. The van der Waals surface area contributed by atoms with Gasteiger partial charge in [0.2, 0.25) is 0 Å². The van der Waals surface area contributed by atoms with Crippen molar-refractivity contribution in [3.05, 3.63) is 49.9 Å². The molecule has 13 heteroatoms. The van der Waals surface area contributed by atoms with Gasteiger partial charge in [0.05, 0.1) is 42.1 Å². The molecule has 25 heavy (non-hydrogen) atoms. The van der Waals surface area contributed by atoms with Crippen LogP contribution in [0.3, 0.4) is 0 Å². The Kier molecular flexibility index (Phi) is 6.75. The number of nitro benzene ring substituents is 1. The Morgan fingerprint density at radius 1 is 1.24 bits per heavy atom. The maximum absolute atomic E-state index is 11.6. The van der Waals surface area contributed by atoms with Gasteiger partial charge >= 0.3 is 59.1 Å². The first-order valence-electron chi connectivity index (χ1n) is 6.01. The van der Waals surface area contributed by atoms with Gasteiger partial charge in [0.25, 0.3) is 11.2 Å². The zero-order valence-corrected chi connectivity index (χ0v) is 17.9. The van der Waals surface area contributed by atoms with Crippen LogP contribution in [-0.2, 0) is 10.0 Å². The van der Waals surface area contributed by atoms with Crippen molar-refractivity contribution >= 4 is 37.5 Å². The van der Waals surface area contributed by atoms with E-state index in [1.165, 1.54) is 12.1 Å². The second-order valence-corrected chi connectivity index (χ2v) is 6.05. The van der Waals surface area contributed by atoms with E-state index < -0.39 is 37.0 Å². The molecule has 0 saturated carbocycles. The van der Waals surface area contributed by atoms with E-state index in [1.54, 1.807) is 0 Å².